The van der Waals surface area contributed by atoms with Crippen molar-refractivity contribution in [3.8, 4) is 11.5 Å². The van der Waals surface area contributed by atoms with Crippen LogP contribution in [0.15, 0.2) is 53.6 Å². The topological polar surface area (TPSA) is 75.1 Å². The van der Waals surface area contributed by atoms with Crippen LogP contribution in [0.3, 0.4) is 0 Å². The molecule has 2 aromatic carbocycles. The van der Waals surface area contributed by atoms with Crippen LogP contribution in [0.2, 0.25) is 5.02 Å². The van der Waals surface area contributed by atoms with Crippen LogP contribution in [0.4, 0.5) is 0 Å². The van der Waals surface area contributed by atoms with Crippen molar-refractivity contribution in [3.63, 3.8) is 0 Å². The van der Waals surface area contributed by atoms with Crippen molar-refractivity contribution in [1.29, 1.82) is 0 Å². The molecule has 37 heavy (non-hydrogen) atoms. The summed E-state index contributed by atoms with van der Waals surface area (Å²) >= 11 is 8.35. The fraction of sp³-hybridized carbons (Fsp3) is 0.483. The Kier molecular flexibility index (Phi) is 9.96. The molecule has 8 heteroatoms. The molecule has 6 nitrogen and oxygen atoms in total. The van der Waals surface area contributed by atoms with Gasteiger partial charge in [0, 0.05) is 28.6 Å². The van der Waals surface area contributed by atoms with E-state index in [-0.39, 0.29) is 12.0 Å². The standard InChI is InChI=1S/C29H37ClN2O4S/c1-35-21-5-3-6-23(17-21)37-16-4-13-32-14-11-29(20-33,12-15-32)10-9-27(34)28-24-18-22(36-2)7-8-26(24)31-19-25(28)30/h3,5-8,17-19,27,33-34H,4,9-16,20H2,1-2H3. The summed E-state index contributed by atoms with van der Waals surface area (Å²) in [5.74, 6) is 2.66. The van der Waals surface area contributed by atoms with Crippen LogP contribution in [0.1, 0.15) is 43.8 Å². The Balaban J connectivity index is 1.28. The molecule has 2 N–H and O–H groups in total. The molecule has 1 atom stereocenters. The molecule has 1 saturated heterocycles. The number of hydrogen-bond acceptors (Lipinski definition) is 7. The summed E-state index contributed by atoms with van der Waals surface area (Å²) in [4.78, 5) is 8.12. The molecule has 3 aromatic rings. The molecule has 0 bridgehead atoms. The van der Waals surface area contributed by atoms with Gasteiger partial charge in [-0.25, -0.2) is 0 Å². The third-order valence-corrected chi connectivity index (χ3v) is 8.91. The van der Waals surface area contributed by atoms with E-state index in [1.165, 1.54) is 4.90 Å². The minimum Gasteiger partial charge on any atom is -0.497 e. The first-order chi connectivity index (χ1) is 18.0. The zero-order valence-electron chi connectivity index (χ0n) is 21.7. The van der Waals surface area contributed by atoms with E-state index in [1.54, 1.807) is 20.4 Å². The normalized spacial score (nSPS) is 16.6. The SMILES string of the molecule is COc1cccc(SCCCN2CCC(CO)(CCC(O)c3c(Cl)cnc4ccc(OC)cc34)CC2)c1. The Bertz CT molecular complexity index is 1170. The molecule has 1 aromatic heterocycles. The van der Waals surface area contributed by atoms with Gasteiger partial charge in [-0.1, -0.05) is 17.7 Å². The van der Waals surface area contributed by atoms with Gasteiger partial charge in [0.1, 0.15) is 11.5 Å². The van der Waals surface area contributed by atoms with Crippen molar-refractivity contribution in [2.24, 2.45) is 5.41 Å². The first kappa shape index (κ1) is 28.0. The highest BCUT2D eigenvalue weighted by molar-refractivity contribution is 7.99. The highest BCUT2D eigenvalue weighted by Gasteiger charge is 2.34. The van der Waals surface area contributed by atoms with Gasteiger partial charge in [-0.3, -0.25) is 4.98 Å². The molecular weight excluding hydrogens is 508 g/mol. The van der Waals surface area contributed by atoms with E-state index in [0.717, 1.165) is 67.7 Å². The van der Waals surface area contributed by atoms with E-state index >= 15 is 0 Å². The van der Waals surface area contributed by atoms with E-state index in [9.17, 15) is 10.2 Å². The Morgan fingerprint density at radius 3 is 2.59 bits per heavy atom. The number of thioether (sulfide) groups is 1. The van der Waals surface area contributed by atoms with E-state index in [1.807, 2.05) is 42.1 Å². The zero-order chi connectivity index (χ0) is 26.3. The molecule has 200 valence electrons. The van der Waals surface area contributed by atoms with Crippen molar-refractivity contribution in [3.05, 3.63) is 59.2 Å². The Morgan fingerprint density at radius 1 is 1.11 bits per heavy atom. The first-order valence-electron chi connectivity index (χ1n) is 12.9. The maximum Gasteiger partial charge on any atom is 0.119 e. The monoisotopic (exact) mass is 544 g/mol. The molecular formula is C29H37ClN2O4S. The second kappa shape index (κ2) is 13.2. The fourth-order valence-corrected chi connectivity index (χ4v) is 6.29. The zero-order valence-corrected chi connectivity index (χ0v) is 23.2. The van der Waals surface area contributed by atoms with E-state index in [2.05, 4.69) is 22.0 Å². The van der Waals surface area contributed by atoms with Crippen LogP contribution < -0.4 is 9.47 Å². The summed E-state index contributed by atoms with van der Waals surface area (Å²) in [6.07, 6.45) is 5.11. The minimum atomic E-state index is -0.736. The number of hydrogen-bond donors (Lipinski definition) is 2. The van der Waals surface area contributed by atoms with Gasteiger partial charge in [-0.05, 0) is 99.3 Å². The number of aliphatic hydroxyl groups excluding tert-OH is 2. The van der Waals surface area contributed by atoms with Crippen molar-refractivity contribution in [1.82, 2.24) is 9.88 Å². The van der Waals surface area contributed by atoms with E-state index in [4.69, 9.17) is 21.1 Å². The Labute approximate surface area is 228 Å². The van der Waals surface area contributed by atoms with Crippen LogP contribution in [-0.4, -0.2) is 66.3 Å². The summed E-state index contributed by atoms with van der Waals surface area (Å²) in [6, 6.07) is 13.8. The third-order valence-electron chi connectivity index (χ3n) is 7.53. The molecule has 2 heterocycles. The summed E-state index contributed by atoms with van der Waals surface area (Å²) < 4.78 is 10.7. The van der Waals surface area contributed by atoms with Crippen LogP contribution in [0, 0.1) is 5.41 Å². The van der Waals surface area contributed by atoms with Gasteiger partial charge in [-0.2, -0.15) is 0 Å². The summed E-state index contributed by atoms with van der Waals surface area (Å²) in [6.45, 7) is 3.13. The van der Waals surface area contributed by atoms with Crippen molar-refractivity contribution < 1.29 is 19.7 Å². The molecule has 1 aliphatic heterocycles. The maximum atomic E-state index is 11.2. The highest BCUT2D eigenvalue weighted by Crippen LogP contribution is 2.40. The lowest BCUT2D eigenvalue weighted by atomic mass is 9.74. The van der Waals surface area contributed by atoms with Crippen LogP contribution in [-0.2, 0) is 0 Å². The summed E-state index contributed by atoms with van der Waals surface area (Å²) in [7, 11) is 3.31. The number of likely N-dealkylation sites (tertiary alicyclic amines) is 1. The number of methoxy groups -OCH3 is 2. The summed E-state index contributed by atoms with van der Waals surface area (Å²) in [5, 5.41) is 22.7. The number of rotatable bonds is 12. The highest BCUT2D eigenvalue weighted by atomic mass is 35.5. The van der Waals surface area contributed by atoms with Gasteiger partial charge in [0.15, 0.2) is 0 Å². The van der Waals surface area contributed by atoms with Crippen molar-refractivity contribution in [2.75, 3.05) is 46.2 Å². The predicted octanol–water partition coefficient (Wildman–Crippen LogP) is 5.98. The number of nitrogens with zero attached hydrogens (tertiary/aromatic N) is 2. The second-order valence-corrected chi connectivity index (χ2v) is 11.4. The summed E-state index contributed by atoms with van der Waals surface area (Å²) in [5.41, 5.74) is 1.29. The Morgan fingerprint density at radius 2 is 1.86 bits per heavy atom. The fourth-order valence-electron chi connectivity index (χ4n) is 5.13. The van der Waals surface area contributed by atoms with Gasteiger partial charge in [0.25, 0.3) is 0 Å². The maximum absolute atomic E-state index is 11.2. The third kappa shape index (κ3) is 7.09. The number of piperidine rings is 1. The average molecular weight is 545 g/mol. The smallest absolute Gasteiger partial charge is 0.119 e. The lowest BCUT2D eigenvalue weighted by Gasteiger charge is -2.41. The van der Waals surface area contributed by atoms with Gasteiger partial charge >= 0.3 is 0 Å². The van der Waals surface area contributed by atoms with Gasteiger partial charge in [0.05, 0.1) is 30.9 Å². The lowest BCUT2D eigenvalue weighted by Crippen LogP contribution is -2.42. The van der Waals surface area contributed by atoms with Gasteiger partial charge < -0.3 is 24.6 Å². The average Bonchev–Trinajstić information content (AvgIpc) is 2.94. The lowest BCUT2D eigenvalue weighted by molar-refractivity contribution is 0.0238. The molecule has 0 aliphatic carbocycles. The number of aromatic nitrogens is 1. The quantitative estimate of drug-likeness (QED) is 0.215. The van der Waals surface area contributed by atoms with Gasteiger partial charge in [0.2, 0.25) is 0 Å². The number of ether oxygens (including phenoxy) is 2. The number of halogens is 1. The van der Waals surface area contributed by atoms with Crippen LogP contribution >= 0.6 is 23.4 Å². The molecule has 1 aliphatic rings. The molecule has 1 unspecified atom stereocenters. The minimum absolute atomic E-state index is 0.137. The van der Waals surface area contributed by atoms with Crippen molar-refractivity contribution in [2.45, 2.75) is 43.1 Å². The Hall–Kier alpha value is -2.03. The van der Waals surface area contributed by atoms with Crippen LogP contribution in [0.5, 0.6) is 11.5 Å². The molecule has 0 radical (unpaired) electrons. The van der Waals surface area contributed by atoms with Crippen molar-refractivity contribution >= 4 is 34.3 Å². The number of pyridine rings is 1. The molecule has 0 spiro atoms. The molecule has 0 saturated carbocycles. The van der Waals surface area contributed by atoms with Crippen LogP contribution in [0.25, 0.3) is 10.9 Å². The van der Waals surface area contributed by atoms with E-state index in [0.29, 0.717) is 22.8 Å². The predicted molar refractivity (Wildman–Crippen MR) is 151 cm³/mol. The molecule has 1 fully saturated rings. The first-order valence-corrected chi connectivity index (χ1v) is 14.2. The molecule has 0 amide bonds. The van der Waals surface area contributed by atoms with E-state index < -0.39 is 6.10 Å². The number of fused-ring (bicyclic) bond motifs is 1. The van der Waals surface area contributed by atoms with Gasteiger partial charge in [-0.15, -0.1) is 11.8 Å². The largest absolute Gasteiger partial charge is 0.497 e. The number of aliphatic hydroxyl groups is 2. The second-order valence-electron chi connectivity index (χ2n) is 9.84. The molecule has 4 rings (SSSR count). The number of benzene rings is 2.